The second kappa shape index (κ2) is 8.69. The molecule has 1 saturated carbocycles. The molecule has 0 amide bonds. The van der Waals surface area contributed by atoms with Gasteiger partial charge in [-0.3, -0.25) is 0 Å². The van der Waals surface area contributed by atoms with E-state index in [9.17, 15) is 0 Å². The van der Waals surface area contributed by atoms with Gasteiger partial charge in [0.2, 0.25) is 0 Å². The number of rotatable bonds is 5. The molecule has 0 radical (unpaired) electrons. The lowest BCUT2D eigenvalue weighted by Gasteiger charge is -2.25. The minimum absolute atomic E-state index is 0.273. The normalized spacial score (nSPS) is 18.9. The molecule has 0 aliphatic heterocycles. The minimum Gasteiger partial charge on any atom is -0.366 e. The Morgan fingerprint density at radius 3 is 2.81 bits per heavy atom. The Morgan fingerprint density at radius 2 is 1.97 bits per heavy atom. The molecule has 2 unspecified atom stereocenters. The van der Waals surface area contributed by atoms with E-state index in [0.717, 1.165) is 47.4 Å². The van der Waals surface area contributed by atoms with Crippen molar-refractivity contribution in [2.24, 2.45) is 5.73 Å². The summed E-state index contributed by atoms with van der Waals surface area (Å²) in [6.45, 7) is 0.715. The SMILES string of the molecule is NC1CCCC(c2cc3c(-c4cccc(NCc5ccccc5)n4)c(Cl)cnc3[nH]2)C1. The molecule has 3 aromatic heterocycles. The molecule has 1 aromatic carbocycles. The van der Waals surface area contributed by atoms with Crippen LogP contribution < -0.4 is 11.1 Å². The van der Waals surface area contributed by atoms with Gasteiger partial charge in [0.25, 0.3) is 0 Å². The van der Waals surface area contributed by atoms with Crippen LogP contribution in [0.1, 0.15) is 42.9 Å². The lowest BCUT2D eigenvalue weighted by Crippen LogP contribution is -2.26. The van der Waals surface area contributed by atoms with Gasteiger partial charge >= 0.3 is 0 Å². The van der Waals surface area contributed by atoms with Crippen LogP contribution in [-0.4, -0.2) is 21.0 Å². The molecular weight excluding hydrogens is 406 g/mol. The Hall–Kier alpha value is -2.89. The van der Waals surface area contributed by atoms with Crippen molar-refractivity contribution in [3.8, 4) is 11.3 Å². The molecule has 3 heterocycles. The third-order valence-electron chi connectivity index (χ3n) is 6.11. The predicted molar refractivity (Wildman–Crippen MR) is 127 cm³/mol. The predicted octanol–water partition coefficient (Wildman–Crippen LogP) is 5.88. The zero-order valence-electron chi connectivity index (χ0n) is 17.3. The van der Waals surface area contributed by atoms with E-state index in [4.69, 9.17) is 22.3 Å². The molecule has 5 nitrogen and oxygen atoms in total. The monoisotopic (exact) mass is 431 g/mol. The number of H-pyrrole nitrogens is 1. The standard InChI is InChI=1S/C25H26ClN5/c26-20-15-29-25-19(13-22(31-25)17-8-4-9-18(27)12-17)24(20)21-10-5-11-23(30-21)28-14-16-6-2-1-3-7-16/h1-3,5-7,10-11,13,15,17-18H,4,8-9,12,14,27H2,(H,28,30)(H,29,31). The van der Waals surface area contributed by atoms with Gasteiger partial charge in [0.1, 0.15) is 11.5 Å². The maximum atomic E-state index is 6.62. The van der Waals surface area contributed by atoms with Gasteiger partial charge < -0.3 is 16.0 Å². The van der Waals surface area contributed by atoms with Crippen LogP contribution in [0.3, 0.4) is 0 Å². The van der Waals surface area contributed by atoms with Crippen molar-refractivity contribution in [1.82, 2.24) is 15.0 Å². The quantitative estimate of drug-likeness (QED) is 0.369. The van der Waals surface area contributed by atoms with Crippen molar-refractivity contribution in [2.75, 3.05) is 5.32 Å². The van der Waals surface area contributed by atoms with E-state index in [1.165, 1.54) is 17.7 Å². The number of benzene rings is 1. The van der Waals surface area contributed by atoms with Crippen molar-refractivity contribution >= 4 is 28.5 Å². The molecule has 0 saturated heterocycles. The zero-order valence-corrected chi connectivity index (χ0v) is 18.1. The number of hydrogen-bond donors (Lipinski definition) is 3. The van der Waals surface area contributed by atoms with E-state index in [1.54, 1.807) is 6.20 Å². The molecule has 31 heavy (non-hydrogen) atoms. The number of fused-ring (bicyclic) bond motifs is 1. The highest BCUT2D eigenvalue weighted by atomic mass is 35.5. The van der Waals surface area contributed by atoms with Crippen LogP contribution in [0.5, 0.6) is 0 Å². The van der Waals surface area contributed by atoms with Crippen LogP contribution in [0.4, 0.5) is 5.82 Å². The maximum absolute atomic E-state index is 6.62. The van der Waals surface area contributed by atoms with Crippen molar-refractivity contribution in [3.63, 3.8) is 0 Å². The second-order valence-electron chi connectivity index (χ2n) is 8.34. The van der Waals surface area contributed by atoms with Gasteiger partial charge in [0.05, 0.1) is 10.7 Å². The average Bonchev–Trinajstić information content (AvgIpc) is 3.23. The second-order valence-corrected chi connectivity index (χ2v) is 8.75. The Morgan fingerprint density at radius 1 is 1.10 bits per heavy atom. The molecule has 2 atom stereocenters. The number of anilines is 1. The van der Waals surface area contributed by atoms with Crippen molar-refractivity contribution < 1.29 is 0 Å². The largest absolute Gasteiger partial charge is 0.366 e. The molecule has 0 bridgehead atoms. The molecule has 158 valence electrons. The summed E-state index contributed by atoms with van der Waals surface area (Å²) in [5, 5.41) is 5.02. The van der Waals surface area contributed by atoms with E-state index < -0.39 is 0 Å². The lowest BCUT2D eigenvalue weighted by molar-refractivity contribution is 0.389. The number of halogens is 1. The van der Waals surface area contributed by atoms with Gasteiger partial charge in [-0.1, -0.05) is 54.4 Å². The minimum atomic E-state index is 0.273. The Balaban J connectivity index is 1.47. The van der Waals surface area contributed by atoms with Crippen LogP contribution in [0.15, 0.2) is 60.8 Å². The first kappa shape index (κ1) is 20.0. The van der Waals surface area contributed by atoms with E-state index in [0.29, 0.717) is 17.5 Å². The fourth-order valence-electron chi connectivity index (χ4n) is 4.52. The Labute approximate surface area is 187 Å². The van der Waals surface area contributed by atoms with Gasteiger partial charge in [0.15, 0.2) is 0 Å². The molecular formula is C25H26ClN5. The van der Waals surface area contributed by atoms with Gasteiger partial charge in [-0.15, -0.1) is 0 Å². The summed E-state index contributed by atoms with van der Waals surface area (Å²) in [7, 11) is 0. The third kappa shape index (κ3) is 4.29. The summed E-state index contributed by atoms with van der Waals surface area (Å²) < 4.78 is 0. The van der Waals surface area contributed by atoms with E-state index in [-0.39, 0.29) is 6.04 Å². The van der Waals surface area contributed by atoms with Crippen molar-refractivity contribution in [2.45, 2.75) is 44.2 Å². The Bertz CT molecular complexity index is 1190. The molecule has 1 aliphatic carbocycles. The van der Waals surface area contributed by atoms with Gasteiger partial charge in [-0.2, -0.15) is 0 Å². The average molecular weight is 432 g/mol. The van der Waals surface area contributed by atoms with Crippen LogP contribution in [0.2, 0.25) is 5.02 Å². The first-order valence-electron chi connectivity index (χ1n) is 10.9. The van der Waals surface area contributed by atoms with Gasteiger partial charge in [-0.05, 0) is 43.0 Å². The summed E-state index contributed by atoms with van der Waals surface area (Å²) in [6.07, 6.45) is 6.14. The fraction of sp³-hybridized carbons (Fsp3) is 0.280. The number of hydrogen-bond acceptors (Lipinski definition) is 4. The molecule has 1 aliphatic rings. The number of nitrogens with zero attached hydrogens (tertiary/aromatic N) is 2. The molecule has 5 rings (SSSR count). The number of nitrogens with one attached hydrogen (secondary N) is 2. The maximum Gasteiger partial charge on any atom is 0.138 e. The lowest BCUT2D eigenvalue weighted by atomic mass is 9.84. The number of aromatic nitrogens is 3. The number of aromatic amines is 1. The van der Waals surface area contributed by atoms with E-state index >= 15 is 0 Å². The smallest absolute Gasteiger partial charge is 0.138 e. The number of nitrogens with two attached hydrogens (primary N) is 1. The van der Waals surface area contributed by atoms with Crippen LogP contribution in [0.25, 0.3) is 22.3 Å². The summed E-state index contributed by atoms with van der Waals surface area (Å²) in [5.74, 6) is 1.26. The topological polar surface area (TPSA) is 79.6 Å². The fourth-order valence-corrected chi connectivity index (χ4v) is 4.77. The highest BCUT2D eigenvalue weighted by Gasteiger charge is 2.23. The zero-order chi connectivity index (χ0) is 21.2. The highest BCUT2D eigenvalue weighted by molar-refractivity contribution is 6.34. The molecule has 6 heteroatoms. The van der Waals surface area contributed by atoms with E-state index in [1.807, 2.05) is 36.4 Å². The van der Waals surface area contributed by atoms with Crippen molar-refractivity contribution in [1.29, 1.82) is 0 Å². The number of pyridine rings is 2. The molecule has 0 spiro atoms. The van der Waals surface area contributed by atoms with Crippen LogP contribution in [0, 0.1) is 0 Å². The van der Waals surface area contributed by atoms with Crippen LogP contribution >= 0.6 is 11.6 Å². The van der Waals surface area contributed by atoms with Crippen molar-refractivity contribution in [3.05, 3.63) is 77.1 Å². The molecule has 1 fully saturated rings. The highest BCUT2D eigenvalue weighted by Crippen LogP contribution is 2.38. The molecule has 4 N–H and O–H groups in total. The first-order valence-corrected chi connectivity index (χ1v) is 11.2. The summed E-state index contributed by atoms with van der Waals surface area (Å²) in [6, 6.07) is 18.7. The summed E-state index contributed by atoms with van der Waals surface area (Å²) >= 11 is 6.62. The van der Waals surface area contributed by atoms with Gasteiger partial charge in [-0.25, -0.2) is 9.97 Å². The van der Waals surface area contributed by atoms with Gasteiger partial charge in [0, 0.05) is 41.3 Å². The summed E-state index contributed by atoms with van der Waals surface area (Å²) in [5.41, 5.74) is 11.2. The third-order valence-corrected chi connectivity index (χ3v) is 6.40. The Kier molecular flexibility index (Phi) is 5.62. The molecule has 4 aromatic rings. The first-order chi connectivity index (χ1) is 15.2. The van der Waals surface area contributed by atoms with E-state index in [2.05, 4.69) is 33.5 Å². The van der Waals surface area contributed by atoms with Crippen LogP contribution in [-0.2, 0) is 6.54 Å². The summed E-state index contributed by atoms with van der Waals surface area (Å²) in [4.78, 5) is 12.9.